The zero-order valence-electron chi connectivity index (χ0n) is 8.32. The Morgan fingerprint density at radius 3 is 2.62 bits per heavy atom. The van der Waals surface area contributed by atoms with Crippen molar-refractivity contribution in [3.63, 3.8) is 0 Å². The molecule has 0 saturated heterocycles. The lowest BCUT2D eigenvalue weighted by atomic mass is 10.3. The number of rotatable bonds is 5. The number of hydrogen-bond acceptors (Lipinski definition) is 3. The summed E-state index contributed by atoms with van der Waals surface area (Å²) in [6.45, 7) is 0.219. The Morgan fingerprint density at radius 1 is 1.31 bits per heavy atom. The van der Waals surface area contributed by atoms with Crippen LogP contribution in [0.4, 0.5) is 0 Å². The highest BCUT2D eigenvalue weighted by atomic mass is 35.5. The number of primary sulfonamides is 1. The summed E-state index contributed by atoms with van der Waals surface area (Å²) < 4.78 is 26.6. The average Bonchev–Trinajstić information content (AvgIpc) is 2.16. The molecule has 0 heterocycles. The zero-order chi connectivity index (χ0) is 12.2. The van der Waals surface area contributed by atoms with Crippen molar-refractivity contribution in [1.29, 1.82) is 0 Å². The van der Waals surface area contributed by atoms with E-state index in [9.17, 15) is 8.42 Å². The Bertz CT molecular complexity index is 462. The van der Waals surface area contributed by atoms with Crippen LogP contribution < -0.4 is 9.88 Å². The van der Waals surface area contributed by atoms with Crippen molar-refractivity contribution in [1.82, 2.24) is 0 Å². The quantitative estimate of drug-likeness (QED) is 0.841. The van der Waals surface area contributed by atoms with Crippen LogP contribution in [0.25, 0.3) is 0 Å². The topological polar surface area (TPSA) is 69.4 Å². The van der Waals surface area contributed by atoms with Crippen LogP contribution >= 0.6 is 23.2 Å². The van der Waals surface area contributed by atoms with E-state index in [4.69, 9.17) is 33.1 Å². The van der Waals surface area contributed by atoms with Crippen LogP contribution in [0.3, 0.4) is 0 Å². The highest BCUT2D eigenvalue weighted by Gasteiger charge is 2.05. The van der Waals surface area contributed by atoms with Crippen molar-refractivity contribution in [2.45, 2.75) is 6.42 Å². The van der Waals surface area contributed by atoms with E-state index in [-0.39, 0.29) is 12.4 Å². The molecule has 0 aliphatic heterocycles. The third-order valence-electron chi connectivity index (χ3n) is 1.72. The lowest BCUT2D eigenvalue weighted by Gasteiger charge is -2.07. The molecule has 0 saturated carbocycles. The number of ether oxygens (including phenoxy) is 1. The first-order valence-electron chi connectivity index (χ1n) is 4.47. The highest BCUT2D eigenvalue weighted by Crippen LogP contribution is 2.27. The summed E-state index contributed by atoms with van der Waals surface area (Å²) in [5.74, 6) is 0.314. The molecule has 16 heavy (non-hydrogen) atoms. The molecule has 0 aromatic heterocycles. The number of benzene rings is 1. The predicted octanol–water partition coefficient (Wildman–Crippen LogP) is 2.05. The molecule has 0 atom stereocenters. The molecule has 0 fully saturated rings. The van der Waals surface area contributed by atoms with Gasteiger partial charge in [-0.1, -0.05) is 23.2 Å². The Kier molecular flexibility index (Phi) is 4.86. The van der Waals surface area contributed by atoms with Crippen molar-refractivity contribution in [2.24, 2.45) is 5.14 Å². The van der Waals surface area contributed by atoms with Gasteiger partial charge < -0.3 is 4.74 Å². The monoisotopic (exact) mass is 283 g/mol. The first-order valence-corrected chi connectivity index (χ1v) is 6.94. The molecule has 0 bridgehead atoms. The van der Waals surface area contributed by atoms with Gasteiger partial charge in [0.05, 0.1) is 17.4 Å². The summed E-state index contributed by atoms with van der Waals surface area (Å²) in [5.41, 5.74) is 0. The zero-order valence-corrected chi connectivity index (χ0v) is 10.6. The highest BCUT2D eigenvalue weighted by molar-refractivity contribution is 7.89. The van der Waals surface area contributed by atoms with Gasteiger partial charge in [-0.25, -0.2) is 13.6 Å². The van der Waals surface area contributed by atoms with Crippen LogP contribution in [0.1, 0.15) is 6.42 Å². The second kappa shape index (κ2) is 5.72. The minimum absolute atomic E-state index is 0.120. The maximum Gasteiger partial charge on any atom is 0.209 e. The van der Waals surface area contributed by atoms with E-state index in [0.717, 1.165) is 0 Å². The predicted molar refractivity (Wildman–Crippen MR) is 64.5 cm³/mol. The third-order valence-corrected chi connectivity index (χ3v) is 3.13. The second-order valence-corrected chi connectivity index (χ2v) is 5.72. The van der Waals surface area contributed by atoms with Gasteiger partial charge in [-0.05, 0) is 18.6 Å². The maximum absolute atomic E-state index is 10.6. The van der Waals surface area contributed by atoms with E-state index in [1.54, 1.807) is 18.2 Å². The second-order valence-electron chi connectivity index (χ2n) is 3.14. The normalized spacial score (nSPS) is 11.4. The van der Waals surface area contributed by atoms with Gasteiger partial charge in [-0.3, -0.25) is 0 Å². The molecule has 0 aliphatic carbocycles. The molecule has 90 valence electrons. The Labute approximate surface area is 104 Å². The van der Waals surface area contributed by atoms with Crippen LogP contribution in [0.2, 0.25) is 10.0 Å². The Balaban J connectivity index is 2.46. The molecule has 0 unspecified atom stereocenters. The van der Waals surface area contributed by atoms with E-state index in [1.807, 2.05) is 0 Å². The summed E-state index contributed by atoms with van der Waals surface area (Å²) in [6, 6.07) is 4.82. The first-order chi connectivity index (χ1) is 7.38. The van der Waals surface area contributed by atoms with Gasteiger partial charge in [0, 0.05) is 11.1 Å². The lowest BCUT2D eigenvalue weighted by Crippen LogP contribution is -2.18. The van der Waals surface area contributed by atoms with Gasteiger partial charge >= 0.3 is 0 Å². The maximum atomic E-state index is 10.6. The fraction of sp³-hybridized carbons (Fsp3) is 0.333. The number of halogens is 2. The van der Waals surface area contributed by atoms with Gasteiger partial charge in [0.15, 0.2) is 0 Å². The smallest absolute Gasteiger partial charge is 0.209 e. The molecule has 1 aromatic rings. The van der Waals surface area contributed by atoms with Crippen molar-refractivity contribution >= 4 is 33.2 Å². The van der Waals surface area contributed by atoms with Crippen molar-refractivity contribution in [2.75, 3.05) is 12.4 Å². The van der Waals surface area contributed by atoms with Crippen LogP contribution in [0, 0.1) is 0 Å². The summed E-state index contributed by atoms with van der Waals surface area (Å²) in [5, 5.41) is 5.77. The standard InChI is InChI=1S/C9H11Cl2NO3S/c10-7-2-3-8(11)9(6-7)15-4-1-5-16(12,13)14/h2-3,6H,1,4-5H2,(H2,12,13,14). The SMILES string of the molecule is NS(=O)(=O)CCCOc1cc(Cl)ccc1Cl. The van der Waals surface area contributed by atoms with E-state index < -0.39 is 10.0 Å². The van der Waals surface area contributed by atoms with Crippen LogP contribution in [0.5, 0.6) is 5.75 Å². The number of sulfonamides is 1. The minimum atomic E-state index is -3.44. The van der Waals surface area contributed by atoms with Crippen LogP contribution in [-0.4, -0.2) is 20.8 Å². The van der Waals surface area contributed by atoms with Gasteiger partial charge in [0.1, 0.15) is 5.75 Å². The van der Waals surface area contributed by atoms with Gasteiger partial charge in [0.2, 0.25) is 10.0 Å². The fourth-order valence-corrected chi connectivity index (χ4v) is 1.88. The summed E-state index contributed by atoms with van der Waals surface area (Å²) in [6.07, 6.45) is 0.307. The average molecular weight is 284 g/mol. The molecule has 2 N–H and O–H groups in total. The molecule has 0 aliphatic rings. The van der Waals surface area contributed by atoms with Crippen LogP contribution in [0.15, 0.2) is 18.2 Å². The molecule has 0 amide bonds. The minimum Gasteiger partial charge on any atom is -0.492 e. The Hall–Kier alpha value is -0.490. The first kappa shape index (κ1) is 13.6. The van der Waals surface area contributed by atoms with Crippen molar-refractivity contribution in [3.8, 4) is 5.75 Å². The molecule has 1 aromatic carbocycles. The third kappa shape index (κ3) is 5.03. The summed E-state index contributed by atoms with van der Waals surface area (Å²) in [4.78, 5) is 0. The van der Waals surface area contributed by atoms with Crippen LogP contribution in [-0.2, 0) is 10.0 Å². The molecular weight excluding hydrogens is 273 g/mol. The van der Waals surface area contributed by atoms with E-state index in [1.165, 1.54) is 0 Å². The number of hydrogen-bond donors (Lipinski definition) is 1. The van der Waals surface area contributed by atoms with Gasteiger partial charge in [-0.15, -0.1) is 0 Å². The molecule has 4 nitrogen and oxygen atoms in total. The molecule has 0 radical (unpaired) electrons. The van der Waals surface area contributed by atoms with Crippen molar-refractivity contribution < 1.29 is 13.2 Å². The number of nitrogens with two attached hydrogens (primary N) is 1. The van der Waals surface area contributed by atoms with Gasteiger partial charge in [0.25, 0.3) is 0 Å². The molecular formula is C9H11Cl2NO3S. The summed E-state index contributed by atoms with van der Waals surface area (Å²) >= 11 is 11.6. The van der Waals surface area contributed by atoms with E-state index in [2.05, 4.69) is 0 Å². The molecule has 0 spiro atoms. The molecule has 1 rings (SSSR count). The summed E-state index contributed by atoms with van der Waals surface area (Å²) in [7, 11) is -3.44. The fourth-order valence-electron chi connectivity index (χ4n) is 1.03. The lowest BCUT2D eigenvalue weighted by molar-refractivity contribution is 0.318. The van der Waals surface area contributed by atoms with E-state index in [0.29, 0.717) is 22.2 Å². The van der Waals surface area contributed by atoms with Gasteiger partial charge in [-0.2, -0.15) is 0 Å². The molecule has 7 heteroatoms. The van der Waals surface area contributed by atoms with Crippen molar-refractivity contribution in [3.05, 3.63) is 28.2 Å². The largest absolute Gasteiger partial charge is 0.492 e. The Morgan fingerprint density at radius 2 is 2.00 bits per heavy atom. The van der Waals surface area contributed by atoms with E-state index >= 15 is 0 Å².